The van der Waals surface area contributed by atoms with Gasteiger partial charge in [-0.15, -0.1) is 0 Å². The molecule has 0 spiro atoms. The Morgan fingerprint density at radius 3 is 1.01 bits per heavy atom. The molecule has 4 aromatic carbocycles. The highest BCUT2D eigenvalue weighted by atomic mass is 16.7. The lowest BCUT2D eigenvalue weighted by Crippen LogP contribution is -2.59. The monoisotopic (exact) mass is 1030 g/mol. The van der Waals surface area contributed by atoms with E-state index in [9.17, 15) is 39.0 Å². The van der Waals surface area contributed by atoms with Crippen LogP contribution in [-0.4, -0.2) is 113 Å². The standard InChI is InChI=1S/C57H68N4O14/c62-47(58-43-27-13-15-29-45(43)60-53(64)49(70-35-39-19-5-1-6-20-39)51(55(66)67)72-37-41-23-9-3-10-24-41)33-57(74-31-17-18-32-75-57)34-48(63)59-44-28-14-16-30-46(44)61-54(65)50(71-36-40-21-7-2-8-22-40)52(56(68)69)73-38-42-25-11-4-12-26-42/h1-12,17-26,43-46,49-52H,13-16,27-38H2,(H,58,62)(H,59,63)(H,60,64)(H,61,65)(H,66,67)(H,68,69)/t43?,44?,45?,46?,49-,50-,51-,52-/m1/s1. The van der Waals surface area contributed by atoms with E-state index in [2.05, 4.69) is 21.3 Å². The molecular weight excluding hydrogens is 965 g/mol. The lowest BCUT2D eigenvalue weighted by atomic mass is 9.89. The van der Waals surface area contributed by atoms with E-state index in [1.807, 2.05) is 48.5 Å². The Kier molecular flexibility index (Phi) is 21.4. The molecule has 2 saturated carbocycles. The molecule has 18 heteroatoms. The van der Waals surface area contributed by atoms with Crippen LogP contribution in [0.25, 0.3) is 0 Å². The summed E-state index contributed by atoms with van der Waals surface area (Å²) >= 11 is 0. The van der Waals surface area contributed by atoms with Gasteiger partial charge in [0.1, 0.15) is 0 Å². The third-order valence-electron chi connectivity index (χ3n) is 13.4. The van der Waals surface area contributed by atoms with Crippen LogP contribution >= 0.6 is 0 Å². The van der Waals surface area contributed by atoms with Crippen LogP contribution < -0.4 is 21.3 Å². The lowest BCUT2D eigenvalue weighted by Gasteiger charge is -2.37. The highest BCUT2D eigenvalue weighted by Crippen LogP contribution is 2.28. The Balaban J connectivity index is 1.000. The van der Waals surface area contributed by atoms with Gasteiger partial charge in [0.2, 0.25) is 11.8 Å². The van der Waals surface area contributed by atoms with E-state index in [1.165, 1.54) is 0 Å². The van der Waals surface area contributed by atoms with E-state index >= 15 is 0 Å². The lowest BCUT2D eigenvalue weighted by molar-refractivity contribution is -0.227. The van der Waals surface area contributed by atoms with E-state index in [4.69, 9.17) is 28.4 Å². The summed E-state index contributed by atoms with van der Waals surface area (Å²) in [5.74, 6) is -6.90. The number of aliphatic carboxylic acids is 2. The molecule has 3 aliphatic rings. The SMILES string of the molecule is O=C(CC1(CC(=O)NC2CCCCC2NC(=O)[C@H](OCc2ccccc2)[C@@H](OCc2ccccc2)C(=O)O)OCC=CCO1)NC1CCCCC1NC(=O)[C@H](OCc1ccccc1)[C@@H](OCc1ccccc1)C(=O)O. The smallest absolute Gasteiger partial charge is 0.336 e. The van der Waals surface area contributed by atoms with Gasteiger partial charge in [-0.05, 0) is 47.9 Å². The highest BCUT2D eigenvalue weighted by molar-refractivity contribution is 5.89. The summed E-state index contributed by atoms with van der Waals surface area (Å²) in [6.07, 6.45) is 1.12. The molecule has 0 aromatic heterocycles. The first-order valence-corrected chi connectivity index (χ1v) is 25.7. The maximum absolute atomic E-state index is 14.2. The van der Waals surface area contributed by atoms with E-state index in [-0.39, 0.29) is 52.5 Å². The van der Waals surface area contributed by atoms with Crippen LogP contribution in [0.5, 0.6) is 0 Å². The van der Waals surface area contributed by atoms with E-state index in [0.29, 0.717) is 36.8 Å². The van der Waals surface area contributed by atoms with Crippen LogP contribution in [0.1, 0.15) is 86.5 Å². The van der Waals surface area contributed by atoms with Gasteiger partial charge in [-0.1, -0.05) is 159 Å². The van der Waals surface area contributed by atoms with Crippen molar-refractivity contribution in [2.24, 2.45) is 0 Å². The van der Waals surface area contributed by atoms with Crippen molar-refractivity contribution in [1.29, 1.82) is 0 Å². The van der Waals surface area contributed by atoms with Gasteiger partial charge in [-0.3, -0.25) is 19.2 Å². The molecule has 4 unspecified atom stereocenters. The van der Waals surface area contributed by atoms with E-state index in [1.54, 1.807) is 84.9 Å². The van der Waals surface area contributed by atoms with E-state index < -0.39 is 89.9 Å². The van der Waals surface area contributed by atoms with Crippen LogP contribution in [-0.2, 0) is 83.6 Å². The number of carboxylic acid groups (broad SMARTS) is 2. The Morgan fingerprint density at radius 2 is 0.720 bits per heavy atom. The second kappa shape index (κ2) is 28.8. The van der Waals surface area contributed by atoms with Crippen molar-refractivity contribution in [3.8, 4) is 0 Å². The zero-order valence-corrected chi connectivity index (χ0v) is 41.9. The average Bonchev–Trinajstić information content (AvgIpc) is 3.64. The molecule has 4 aromatic rings. The van der Waals surface area contributed by atoms with Crippen molar-refractivity contribution in [3.63, 3.8) is 0 Å². The average molecular weight is 1030 g/mol. The Hall–Kier alpha value is -6.80. The second-order valence-electron chi connectivity index (χ2n) is 19.1. The zero-order chi connectivity index (χ0) is 52.8. The molecule has 7 rings (SSSR count). The van der Waals surface area contributed by atoms with Gasteiger partial charge in [0.25, 0.3) is 11.8 Å². The van der Waals surface area contributed by atoms with Crippen LogP contribution in [0.4, 0.5) is 0 Å². The molecule has 8 atom stereocenters. The van der Waals surface area contributed by atoms with Crippen molar-refractivity contribution in [1.82, 2.24) is 21.3 Å². The van der Waals surface area contributed by atoms with Crippen LogP contribution in [0.2, 0.25) is 0 Å². The zero-order valence-electron chi connectivity index (χ0n) is 41.9. The second-order valence-corrected chi connectivity index (χ2v) is 19.1. The maximum atomic E-state index is 14.2. The molecule has 400 valence electrons. The largest absolute Gasteiger partial charge is 0.479 e. The molecule has 18 nitrogen and oxygen atoms in total. The number of carbonyl (C=O) groups excluding carboxylic acids is 4. The number of ether oxygens (including phenoxy) is 6. The summed E-state index contributed by atoms with van der Waals surface area (Å²) in [4.78, 5) is 82.1. The van der Waals surface area contributed by atoms with Crippen molar-refractivity contribution in [2.75, 3.05) is 13.2 Å². The van der Waals surface area contributed by atoms with Crippen molar-refractivity contribution < 1.29 is 67.4 Å². The molecule has 0 saturated heterocycles. The minimum absolute atomic E-state index is 0.0493. The first kappa shape index (κ1) is 55.9. The van der Waals surface area contributed by atoms with E-state index in [0.717, 1.165) is 36.8 Å². The molecule has 2 aliphatic carbocycles. The van der Waals surface area contributed by atoms with Crippen molar-refractivity contribution >= 4 is 35.6 Å². The van der Waals surface area contributed by atoms with Crippen molar-refractivity contribution in [2.45, 2.75) is 145 Å². The minimum Gasteiger partial charge on any atom is -0.479 e. The number of rotatable bonds is 26. The topological polar surface area (TPSA) is 246 Å². The first-order chi connectivity index (χ1) is 36.4. The molecule has 6 N–H and O–H groups in total. The van der Waals surface area contributed by atoms with Crippen LogP contribution in [0.3, 0.4) is 0 Å². The van der Waals surface area contributed by atoms with Gasteiger partial charge in [0.15, 0.2) is 30.2 Å². The number of nitrogens with one attached hydrogen (secondary N) is 4. The highest BCUT2D eigenvalue weighted by Gasteiger charge is 2.43. The quantitative estimate of drug-likeness (QED) is 0.0416. The summed E-state index contributed by atoms with van der Waals surface area (Å²) < 4.78 is 36.1. The molecule has 4 amide bonds. The summed E-state index contributed by atoms with van der Waals surface area (Å²) in [6.45, 7) is -0.192. The molecule has 1 aliphatic heterocycles. The van der Waals surface area contributed by atoms with Gasteiger partial charge in [-0.2, -0.15) is 0 Å². The summed E-state index contributed by atoms with van der Waals surface area (Å²) in [7, 11) is 0. The molecule has 0 radical (unpaired) electrons. The summed E-state index contributed by atoms with van der Waals surface area (Å²) in [5.41, 5.74) is 2.87. The Morgan fingerprint density at radius 1 is 0.440 bits per heavy atom. The number of amides is 4. The fourth-order valence-electron chi connectivity index (χ4n) is 9.55. The normalized spacial score (nSPS) is 21.0. The van der Waals surface area contributed by atoms with Crippen LogP contribution in [0.15, 0.2) is 133 Å². The fourth-order valence-corrected chi connectivity index (χ4v) is 9.55. The van der Waals surface area contributed by atoms with Crippen molar-refractivity contribution in [3.05, 3.63) is 156 Å². The predicted molar refractivity (Wildman–Crippen MR) is 273 cm³/mol. The maximum Gasteiger partial charge on any atom is 0.336 e. The third kappa shape index (κ3) is 17.4. The van der Waals surface area contributed by atoms with Gasteiger partial charge in [-0.25, -0.2) is 9.59 Å². The molecule has 2 fully saturated rings. The molecule has 0 bridgehead atoms. The van der Waals surface area contributed by atoms with Gasteiger partial charge >= 0.3 is 11.9 Å². The minimum atomic E-state index is -1.71. The number of hydrogen-bond acceptors (Lipinski definition) is 12. The summed E-state index contributed by atoms with van der Waals surface area (Å²) in [5, 5.41) is 32.8. The van der Waals surface area contributed by atoms with Gasteiger partial charge < -0.3 is 59.9 Å². The predicted octanol–water partition coefficient (Wildman–Crippen LogP) is 5.66. The molecule has 75 heavy (non-hydrogen) atoms. The van der Waals surface area contributed by atoms with Crippen LogP contribution in [0, 0.1) is 0 Å². The number of carboxylic acids is 2. The van der Waals surface area contributed by atoms with Gasteiger partial charge in [0, 0.05) is 24.2 Å². The number of benzene rings is 4. The first-order valence-electron chi connectivity index (χ1n) is 25.7. The fraction of sp³-hybridized carbons (Fsp3) is 0.439. The number of carbonyl (C=O) groups is 6. The Bertz CT molecular complexity index is 2310. The molecular formula is C57H68N4O14. The van der Waals surface area contributed by atoms with Gasteiger partial charge in [0.05, 0.1) is 52.5 Å². The summed E-state index contributed by atoms with van der Waals surface area (Å²) in [6, 6.07) is 33.7. The number of hydrogen-bond donors (Lipinski definition) is 6. The molecule has 1 heterocycles. The third-order valence-corrected chi connectivity index (χ3v) is 13.4. The Labute approximate surface area is 436 Å².